The molecule has 0 aliphatic rings. The molecule has 0 aromatic heterocycles. The third kappa shape index (κ3) is 5.95. The van der Waals surface area contributed by atoms with Crippen molar-refractivity contribution in [3.8, 4) is 11.5 Å². The first-order chi connectivity index (χ1) is 11.7. The van der Waals surface area contributed by atoms with E-state index in [1.165, 1.54) is 5.56 Å². The molecule has 2 aromatic carbocycles. The monoisotopic (exact) mass is 327 g/mol. The van der Waals surface area contributed by atoms with Gasteiger partial charge in [-0.3, -0.25) is 4.79 Å². The molecule has 4 nitrogen and oxygen atoms in total. The maximum atomic E-state index is 11.9. The van der Waals surface area contributed by atoms with Crippen LogP contribution in [0.1, 0.15) is 24.0 Å². The van der Waals surface area contributed by atoms with Crippen LogP contribution in [-0.4, -0.2) is 26.7 Å². The molecule has 2 rings (SSSR count). The van der Waals surface area contributed by atoms with E-state index in [0.717, 1.165) is 36.3 Å². The Balaban J connectivity index is 1.61. The standard InChI is InChI=1S/C20H25NO3/c1-23-18-10-6-16(7-11-18)5-3-4-14-21-20(22)15-17-8-12-19(24-2)13-9-17/h6-13H,3-5,14-15H2,1-2H3,(H,21,22). The average Bonchev–Trinajstić information content (AvgIpc) is 2.62. The van der Waals surface area contributed by atoms with Crippen molar-refractivity contribution in [3.63, 3.8) is 0 Å². The molecular formula is C20H25NO3. The van der Waals surface area contributed by atoms with E-state index in [-0.39, 0.29) is 5.91 Å². The normalized spacial score (nSPS) is 10.2. The van der Waals surface area contributed by atoms with E-state index in [0.29, 0.717) is 13.0 Å². The Hall–Kier alpha value is -2.49. The van der Waals surface area contributed by atoms with Gasteiger partial charge >= 0.3 is 0 Å². The van der Waals surface area contributed by atoms with Crippen LogP contribution in [0.2, 0.25) is 0 Å². The van der Waals surface area contributed by atoms with Gasteiger partial charge in [-0.25, -0.2) is 0 Å². The van der Waals surface area contributed by atoms with Crippen molar-refractivity contribution >= 4 is 5.91 Å². The Morgan fingerprint density at radius 3 is 1.92 bits per heavy atom. The Morgan fingerprint density at radius 1 is 0.833 bits per heavy atom. The first kappa shape index (κ1) is 17.9. The van der Waals surface area contributed by atoms with Gasteiger partial charge < -0.3 is 14.8 Å². The highest BCUT2D eigenvalue weighted by Crippen LogP contribution is 2.13. The van der Waals surface area contributed by atoms with Crippen LogP contribution in [0, 0.1) is 0 Å². The van der Waals surface area contributed by atoms with Crippen molar-refractivity contribution in [2.24, 2.45) is 0 Å². The number of hydrogen-bond acceptors (Lipinski definition) is 3. The van der Waals surface area contributed by atoms with Crippen LogP contribution in [0.3, 0.4) is 0 Å². The SMILES string of the molecule is COc1ccc(CCCCNC(=O)Cc2ccc(OC)cc2)cc1. The maximum Gasteiger partial charge on any atom is 0.224 e. The van der Waals surface area contributed by atoms with Gasteiger partial charge in [0.25, 0.3) is 0 Å². The highest BCUT2D eigenvalue weighted by atomic mass is 16.5. The average molecular weight is 327 g/mol. The summed E-state index contributed by atoms with van der Waals surface area (Å²) < 4.78 is 10.3. The molecule has 2 aromatic rings. The number of ether oxygens (including phenoxy) is 2. The molecule has 0 bridgehead atoms. The lowest BCUT2D eigenvalue weighted by Gasteiger charge is -2.07. The predicted molar refractivity (Wildman–Crippen MR) is 95.6 cm³/mol. The summed E-state index contributed by atoms with van der Waals surface area (Å²) in [5, 5.41) is 2.97. The van der Waals surface area contributed by atoms with Gasteiger partial charge in [-0.1, -0.05) is 24.3 Å². The summed E-state index contributed by atoms with van der Waals surface area (Å²) >= 11 is 0. The number of nitrogens with one attached hydrogen (secondary N) is 1. The maximum absolute atomic E-state index is 11.9. The number of unbranched alkanes of at least 4 members (excludes halogenated alkanes) is 1. The molecule has 128 valence electrons. The molecule has 4 heteroatoms. The zero-order chi connectivity index (χ0) is 17.2. The minimum absolute atomic E-state index is 0.0598. The van der Waals surface area contributed by atoms with E-state index < -0.39 is 0 Å². The van der Waals surface area contributed by atoms with Gasteiger partial charge in [-0.15, -0.1) is 0 Å². The van der Waals surface area contributed by atoms with Gasteiger partial charge in [0.05, 0.1) is 20.6 Å². The summed E-state index contributed by atoms with van der Waals surface area (Å²) in [4.78, 5) is 11.9. The molecular weight excluding hydrogens is 302 g/mol. The Kier molecular flexibility index (Phi) is 7.15. The fourth-order valence-corrected chi connectivity index (χ4v) is 2.47. The van der Waals surface area contributed by atoms with Crippen LogP contribution in [0.15, 0.2) is 48.5 Å². The molecule has 1 amide bonds. The van der Waals surface area contributed by atoms with E-state index >= 15 is 0 Å². The van der Waals surface area contributed by atoms with Crippen molar-refractivity contribution in [1.82, 2.24) is 5.32 Å². The molecule has 24 heavy (non-hydrogen) atoms. The number of aryl methyl sites for hydroxylation is 1. The van der Waals surface area contributed by atoms with Crippen LogP contribution in [0.25, 0.3) is 0 Å². The largest absolute Gasteiger partial charge is 0.497 e. The summed E-state index contributed by atoms with van der Waals surface area (Å²) in [7, 11) is 3.30. The fraction of sp³-hybridized carbons (Fsp3) is 0.350. The lowest BCUT2D eigenvalue weighted by atomic mass is 10.1. The number of methoxy groups -OCH3 is 2. The summed E-state index contributed by atoms with van der Waals surface area (Å²) in [5.74, 6) is 1.74. The number of benzene rings is 2. The van der Waals surface area contributed by atoms with Crippen LogP contribution >= 0.6 is 0 Å². The summed E-state index contributed by atoms with van der Waals surface area (Å²) in [6.07, 6.45) is 3.44. The number of amides is 1. The first-order valence-corrected chi connectivity index (χ1v) is 8.24. The number of hydrogen-bond donors (Lipinski definition) is 1. The summed E-state index contributed by atoms with van der Waals surface area (Å²) in [6.45, 7) is 0.713. The van der Waals surface area contributed by atoms with E-state index in [9.17, 15) is 4.79 Å². The number of carbonyl (C=O) groups is 1. The van der Waals surface area contributed by atoms with Gasteiger partial charge in [0.2, 0.25) is 5.91 Å². The molecule has 1 N–H and O–H groups in total. The lowest BCUT2D eigenvalue weighted by Crippen LogP contribution is -2.26. The molecule has 0 unspecified atom stereocenters. The highest BCUT2D eigenvalue weighted by molar-refractivity contribution is 5.78. The smallest absolute Gasteiger partial charge is 0.224 e. The molecule has 0 heterocycles. The predicted octanol–water partition coefficient (Wildman–Crippen LogP) is 3.39. The van der Waals surface area contributed by atoms with Gasteiger partial charge in [0.15, 0.2) is 0 Å². The van der Waals surface area contributed by atoms with Gasteiger partial charge in [-0.2, -0.15) is 0 Å². The molecule has 0 saturated heterocycles. The van der Waals surface area contributed by atoms with E-state index in [1.54, 1.807) is 14.2 Å². The molecule has 0 aliphatic carbocycles. The van der Waals surface area contributed by atoms with Crippen LogP contribution in [-0.2, 0) is 17.6 Å². The second-order valence-electron chi connectivity index (χ2n) is 5.68. The third-order valence-corrected chi connectivity index (χ3v) is 3.90. The quantitative estimate of drug-likeness (QED) is 0.718. The number of carbonyl (C=O) groups excluding carboxylic acids is 1. The van der Waals surface area contributed by atoms with Gasteiger partial charge in [0, 0.05) is 6.54 Å². The van der Waals surface area contributed by atoms with E-state index in [4.69, 9.17) is 9.47 Å². The summed E-state index contributed by atoms with van der Waals surface area (Å²) in [6, 6.07) is 15.7. The van der Waals surface area contributed by atoms with Gasteiger partial charge in [-0.05, 0) is 54.7 Å². The zero-order valence-corrected chi connectivity index (χ0v) is 14.4. The van der Waals surface area contributed by atoms with Gasteiger partial charge in [0.1, 0.15) is 11.5 Å². The Morgan fingerprint density at radius 2 is 1.38 bits per heavy atom. The molecule has 0 radical (unpaired) electrons. The topological polar surface area (TPSA) is 47.6 Å². The first-order valence-electron chi connectivity index (χ1n) is 8.24. The van der Waals surface area contributed by atoms with Crippen molar-refractivity contribution in [1.29, 1.82) is 0 Å². The highest BCUT2D eigenvalue weighted by Gasteiger charge is 2.03. The zero-order valence-electron chi connectivity index (χ0n) is 14.4. The molecule has 0 aliphatic heterocycles. The number of rotatable bonds is 9. The minimum atomic E-state index is 0.0598. The van der Waals surface area contributed by atoms with E-state index in [2.05, 4.69) is 17.4 Å². The fourth-order valence-electron chi connectivity index (χ4n) is 2.47. The van der Waals surface area contributed by atoms with Crippen LogP contribution in [0.5, 0.6) is 11.5 Å². The molecule has 0 fully saturated rings. The second kappa shape index (κ2) is 9.60. The lowest BCUT2D eigenvalue weighted by molar-refractivity contribution is -0.120. The van der Waals surface area contributed by atoms with E-state index in [1.807, 2.05) is 36.4 Å². The summed E-state index contributed by atoms with van der Waals surface area (Å²) in [5.41, 5.74) is 2.28. The molecule has 0 spiro atoms. The van der Waals surface area contributed by atoms with Crippen LogP contribution < -0.4 is 14.8 Å². The van der Waals surface area contributed by atoms with Crippen molar-refractivity contribution in [2.45, 2.75) is 25.7 Å². The van der Waals surface area contributed by atoms with Crippen LogP contribution in [0.4, 0.5) is 0 Å². The minimum Gasteiger partial charge on any atom is -0.497 e. The molecule has 0 atom stereocenters. The Labute approximate surface area is 143 Å². The van der Waals surface area contributed by atoms with Crippen molar-refractivity contribution in [2.75, 3.05) is 20.8 Å². The second-order valence-corrected chi connectivity index (χ2v) is 5.68. The Bertz CT molecular complexity index is 620. The van der Waals surface area contributed by atoms with Crippen molar-refractivity contribution < 1.29 is 14.3 Å². The van der Waals surface area contributed by atoms with Crippen molar-refractivity contribution in [3.05, 3.63) is 59.7 Å². The molecule has 0 saturated carbocycles. The third-order valence-electron chi connectivity index (χ3n) is 3.90.